The van der Waals surface area contributed by atoms with Gasteiger partial charge < -0.3 is 9.30 Å². The maximum Gasteiger partial charge on any atom is 0.131 e. The van der Waals surface area contributed by atoms with E-state index in [1.807, 2.05) is 37.4 Å². The fourth-order valence-corrected chi connectivity index (χ4v) is 2.12. The number of hydrazine groups is 1. The zero-order valence-corrected chi connectivity index (χ0v) is 11.3. The molecule has 0 amide bonds. The summed E-state index contributed by atoms with van der Waals surface area (Å²) < 4.78 is 7.59. The summed E-state index contributed by atoms with van der Waals surface area (Å²) in [6.07, 6.45) is 3.74. The Labute approximate surface area is 113 Å². The number of imidazole rings is 1. The van der Waals surface area contributed by atoms with Gasteiger partial charge in [-0.15, -0.1) is 0 Å². The fourth-order valence-electron chi connectivity index (χ4n) is 2.12. The van der Waals surface area contributed by atoms with Crippen molar-refractivity contribution >= 4 is 0 Å². The Kier molecular flexibility index (Phi) is 4.54. The van der Waals surface area contributed by atoms with Gasteiger partial charge in [0.15, 0.2) is 0 Å². The number of hydrogen-bond donors (Lipinski definition) is 2. The molecule has 0 spiro atoms. The molecule has 1 heterocycles. The molecule has 19 heavy (non-hydrogen) atoms. The molecule has 0 bridgehead atoms. The first-order valence-electron chi connectivity index (χ1n) is 6.50. The minimum Gasteiger partial charge on any atom is -0.494 e. The van der Waals surface area contributed by atoms with E-state index in [9.17, 15) is 0 Å². The molecule has 5 heteroatoms. The van der Waals surface area contributed by atoms with Crippen LogP contribution in [-0.2, 0) is 6.54 Å². The van der Waals surface area contributed by atoms with Gasteiger partial charge in [-0.2, -0.15) is 0 Å². The standard InChI is InChI=1S/C14H20N4O/c1-3-18-9-8-16-14(18)13(17-15)11-6-5-7-12(10-11)19-4-2/h5-10,13,17H,3-4,15H2,1-2H3. The number of aryl methyl sites for hydroxylation is 1. The Morgan fingerprint density at radius 1 is 1.42 bits per heavy atom. The second-order valence-electron chi connectivity index (χ2n) is 4.18. The highest BCUT2D eigenvalue weighted by Gasteiger charge is 2.17. The number of nitrogens with two attached hydrogens (primary N) is 1. The van der Waals surface area contributed by atoms with Crippen molar-refractivity contribution in [2.45, 2.75) is 26.4 Å². The molecular weight excluding hydrogens is 240 g/mol. The van der Waals surface area contributed by atoms with Crippen LogP contribution in [0.3, 0.4) is 0 Å². The average Bonchev–Trinajstić information content (AvgIpc) is 2.89. The zero-order valence-electron chi connectivity index (χ0n) is 11.3. The molecule has 1 unspecified atom stereocenters. The van der Waals surface area contributed by atoms with Crippen LogP contribution in [0.25, 0.3) is 0 Å². The van der Waals surface area contributed by atoms with E-state index in [-0.39, 0.29) is 6.04 Å². The van der Waals surface area contributed by atoms with Gasteiger partial charge in [-0.3, -0.25) is 5.84 Å². The summed E-state index contributed by atoms with van der Waals surface area (Å²) in [5.41, 5.74) is 3.86. The van der Waals surface area contributed by atoms with Crippen LogP contribution >= 0.6 is 0 Å². The molecule has 1 aromatic heterocycles. The lowest BCUT2D eigenvalue weighted by Crippen LogP contribution is -2.31. The summed E-state index contributed by atoms with van der Waals surface area (Å²) >= 11 is 0. The molecule has 0 saturated heterocycles. The van der Waals surface area contributed by atoms with Crippen LogP contribution in [0.4, 0.5) is 0 Å². The lowest BCUT2D eigenvalue weighted by atomic mass is 10.1. The number of benzene rings is 1. The summed E-state index contributed by atoms with van der Waals surface area (Å²) in [6.45, 7) is 5.55. The molecule has 0 radical (unpaired) electrons. The number of nitrogens with one attached hydrogen (secondary N) is 1. The summed E-state index contributed by atoms with van der Waals surface area (Å²) in [4.78, 5) is 4.39. The van der Waals surface area contributed by atoms with Crippen LogP contribution in [-0.4, -0.2) is 16.2 Å². The molecule has 0 aliphatic carbocycles. The molecular formula is C14H20N4O. The van der Waals surface area contributed by atoms with Crippen molar-refractivity contribution in [3.05, 3.63) is 48.0 Å². The number of aromatic nitrogens is 2. The third-order valence-electron chi connectivity index (χ3n) is 3.02. The molecule has 0 fully saturated rings. The Morgan fingerprint density at radius 3 is 2.95 bits per heavy atom. The third kappa shape index (κ3) is 2.94. The molecule has 2 aromatic rings. The van der Waals surface area contributed by atoms with Crippen molar-refractivity contribution in [2.75, 3.05) is 6.61 Å². The largest absolute Gasteiger partial charge is 0.494 e. The summed E-state index contributed by atoms with van der Waals surface area (Å²) in [7, 11) is 0. The maximum absolute atomic E-state index is 5.70. The molecule has 3 N–H and O–H groups in total. The van der Waals surface area contributed by atoms with Gasteiger partial charge in [0.25, 0.3) is 0 Å². The quantitative estimate of drug-likeness (QED) is 0.614. The van der Waals surface area contributed by atoms with E-state index in [0.717, 1.165) is 23.7 Å². The number of nitrogens with zero attached hydrogens (tertiary/aromatic N) is 2. The smallest absolute Gasteiger partial charge is 0.131 e. The monoisotopic (exact) mass is 260 g/mol. The number of ether oxygens (including phenoxy) is 1. The molecule has 0 aliphatic heterocycles. The molecule has 1 aromatic carbocycles. The SMILES string of the molecule is CCOc1cccc(C(NN)c2nccn2CC)c1. The van der Waals surface area contributed by atoms with Gasteiger partial charge in [-0.1, -0.05) is 12.1 Å². The fraction of sp³-hybridized carbons (Fsp3) is 0.357. The molecule has 102 valence electrons. The van der Waals surface area contributed by atoms with E-state index in [2.05, 4.69) is 21.9 Å². The van der Waals surface area contributed by atoms with Crippen molar-refractivity contribution in [3.8, 4) is 5.75 Å². The molecule has 0 aliphatic rings. The van der Waals surface area contributed by atoms with Crippen molar-refractivity contribution in [1.82, 2.24) is 15.0 Å². The highest BCUT2D eigenvalue weighted by molar-refractivity contribution is 5.33. The van der Waals surface area contributed by atoms with Gasteiger partial charge in [0, 0.05) is 18.9 Å². The summed E-state index contributed by atoms with van der Waals surface area (Å²) in [5, 5.41) is 0. The Hall–Kier alpha value is -1.85. The first-order chi connectivity index (χ1) is 9.30. The van der Waals surface area contributed by atoms with Gasteiger partial charge in [-0.05, 0) is 31.5 Å². The van der Waals surface area contributed by atoms with Crippen LogP contribution in [0.1, 0.15) is 31.3 Å². The summed E-state index contributed by atoms with van der Waals surface area (Å²) in [6, 6.07) is 7.76. The van der Waals surface area contributed by atoms with Gasteiger partial charge in [0.1, 0.15) is 17.6 Å². The van der Waals surface area contributed by atoms with Crippen LogP contribution in [0.15, 0.2) is 36.7 Å². The highest BCUT2D eigenvalue weighted by atomic mass is 16.5. The molecule has 1 atom stereocenters. The average molecular weight is 260 g/mol. The highest BCUT2D eigenvalue weighted by Crippen LogP contribution is 2.23. The van der Waals surface area contributed by atoms with E-state index in [0.29, 0.717) is 6.61 Å². The van der Waals surface area contributed by atoms with Crippen molar-refractivity contribution < 1.29 is 4.74 Å². The topological polar surface area (TPSA) is 65.1 Å². The van der Waals surface area contributed by atoms with Crippen LogP contribution < -0.4 is 16.0 Å². The van der Waals surface area contributed by atoms with Gasteiger partial charge in [-0.25, -0.2) is 10.4 Å². The first kappa shape index (κ1) is 13.6. The Bertz CT molecular complexity index is 524. The van der Waals surface area contributed by atoms with Crippen molar-refractivity contribution in [1.29, 1.82) is 0 Å². The zero-order chi connectivity index (χ0) is 13.7. The minimum atomic E-state index is -0.143. The molecule has 0 saturated carbocycles. The van der Waals surface area contributed by atoms with Crippen LogP contribution in [0, 0.1) is 0 Å². The van der Waals surface area contributed by atoms with E-state index in [1.54, 1.807) is 6.20 Å². The lowest BCUT2D eigenvalue weighted by Gasteiger charge is -2.18. The van der Waals surface area contributed by atoms with Crippen molar-refractivity contribution in [3.63, 3.8) is 0 Å². The van der Waals surface area contributed by atoms with Crippen molar-refractivity contribution in [2.24, 2.45) is 5.84 Å². The summed E-state index contributed by atoms with van der Waals surface area (Å²) in [5.74, 6) is 7.44. The molecule has 2 rings (SSSR count). The normalized spacial score (nSPS) is 12.4. The maximum atomic E-state index is 5.70. The minimum absolute atomic E-state index is 0.143. The first-order valence-corrected chi connectivity index (χ1v) is 6.50. The van der Waals surface area contributed by atoms with Crippen LogP contribution in [0.5, 0.6) is 5.75 Å². The van der Waals surface area contributed by atoms with Gasteiger partial charge in [0.2, 0.25) is 0 Å². The predicted molar refractivity (Wildman–Crippen MR) is 74.7 cm³/mol. The van der Waals surface area contributed by atoms with Gasteiger partial charge in [0.05, 0.1) is 6.61 Å². The Morgan fingerprint density at radius 2 is 2.26 bits per heavy atom. The van der Waals surface area contributed by atoms with E-state index in [1.165, 1.54) is 0 Å². The number of hydrogen-bond acceptors (Lipinski definition) is 4. The van der Waals surface area contributed by atoms with E-state index >= 15 is 0 Å². The van der Waals surface area contributed by atoms with E-state index in [4.69, 9.17) is 10.6 Å². The van der Waals surface area contributed by atoms with Gasteiger partial charge >= 0.3 is 0 Å². The second-order valence-corrected chi connectivity index (χ2v) is 4.18. The third-order valence-corrected chi connectivity index (χ3v) is 3.02. The Balaban J connectivity index is 2.34. The van der Waals surface area contributed by atoms with Crippen LogP contribution in [0.2, 0.25) is 0 Å². The number of rotatable bonds is 6. The predicted octanol–water partition coefficient (Wildman–Crippen LogP) is 1.85. The molecule has 5 nitrogen and oxygen atoms in total. The second kappa shape index (κ2) is 6.36. The van der Waals surface area contributed by atoms with E-state index < -0.39 is 0 Å². The lowest BCUT2D eigenvalue weighted by molar-refractivity contribution is 0.339.